The Kier molecular flexibility index (Phi) is 10.0. The van der Waals surface area contributed by atoms with E-state index in [1.165, 1.54) is 0 Å². The first-order valence-electron chi connectivity index (χ1n) is 6.41. The number of hydrogen-bond donors (Lipinski definition) is 2. The summed E-state index contributed by atoms with van der Waals surface area (Å²) in [6, 6.07) is 5.87. The molecule has 0 radical (unpaired) electrons. The van der Waals surface area contributed by atoms with Crippen LogP contribution in [0.15, 0.2) is 18.2 Å². The van der Waals surface area contributed by atoms with Crippen LogP contribution in [-0.2, 0) is 11.2 Å². The zero-order valence-corrected chi connectivity index (χ0v) is 14.0. The molecule has 6 heteroatoms. The molecule has 0 aliphatic carbocycles. The monoisotopic (exact) mass is 338 g/mol. The van der Waals surface area contributed by atoms with E-state index in [0.717, 1.165) is 18.4 Å². The van der Waals surface area contributed by atoms with Gasteiger partial charge in [0.25, 0.3) is 0 Å². The van der Waals surface area contributed by atoms with Crippen molar-refractivity contribution in [3.05, 3.63) is 33.8 Å². The highest BCUT2D eigenvalue weighted by atomic mass is 35.5. The second kappa shape index (κ2) is 10.3. The van der Waals surface area contributed by atoms with E-state index in [0.29, 0.717) is 29.1 Å². The Labute approximate surface area is 136 Å². The van der Waals surface area contributed by atoms with Gasteiger partial charge in [-0.15, -0.1) is 12.4 Å². The standard InChI is InChI=1S/C14H20Cl2N2O.ClH/c1-10(17-2)9-18-14(19)5-3-4-11-6-7-12(15)13(16)8-11;/h6-8,10,17H,3-5,9H2,1-2H3,(H,18,19);1H. The van der Waals surface area contributed by atoms with E-state index in [2.05, 4.69) is 10.6 Å². The van der Waals surface area contributed by atoms with Gasteiger partial charge in [-0.2, -0.15) is 0 Å². The minimum Gasteiger partial charge on any atom is -0.355 e. The molecule has 114 valence electrons. The molecule has 1 amide bonds. The first-order chi connectivity index (χ1) is 9.02. The molecule has 20 heavy (non-hydrogen) atoms. The molecule has 0 spiro atoms. The SMILES string of the molecule is CNC(C)CNC(=O)CCCc1ccc(Cl)c(Cl)c1.Cl. The van der Waals surface area contributed by atoms with Crippen molar-refractivity contribution in [3.63, 3.8) is 0 Å². The molecule has 0 saturated carbocycles. The van der Waals surface area contributed by atoms with Gasteiger partial charge in [-0.3, -0.25) is 4.79 Å². The minimum atomic E-state index is 0. The number of benzene rings is 1. The van der Waals surface area contributed by atoms with Gasteiger partial charge in [0.15, 0.2) is 0 Å². The van der Waals surface area contributed by atoms with Gasteiger partial charge in [-0.1, -0.05) is 29.3 Å². The Morgan fingerprint density at radius 3 is 2.60 bits per heavy atom. The number of carbonyl (C=O) groups is 1. The van der Waals surface area contributed by atoms with E-state index in [1.807, 2.05) is 26.1 Å². The van der Waals surface area contributed by atoms with E-state index in [-0.39, 0.29) is 18.3 Å². The van der Waals surface area contributed by atoms with Crippen LogP contribution in [-0.4, -0.2) is 25.5 Å². The van der Waals surface area contributed by atoms with Crippen LogP contribution in [0.1, 0.15) is 25.3 Å². The fraction of sp³-hybridized carbons (Fsp3) is 0.500. The molecular weight excluding hydrogens is 319 g/mol. The third-order valence-electron chi connectivity index (χ3n) is 2.95. The van der Waals surface area contributed by atoms with E-state index in [4.69, 9.17) is 23.2 Å². The maximum atomic E-state index is 11.6. The molecule has 1 aromatic rings. The Hall–Kier alpha value is -0.480. The number of hydrogen-bond acceptors (Lipinski definition) is 2. The number of nitrogens with one attached hydrogen (secondary N) is 2. The van der Waals surface area contributed by atoms with Gasteiger partial charge < -0.3 is 10.6 Å². The molecule has 1 aromatic carbocycles. The number of amides is 1. The fourth-order valence-corrected chi connectivity index (χ4v) is 1.93. The van der Waals surface area contributed by atoms with Crippen molar-refractivity contribution in [2.45, 2.75) is 32.2 Å². The summed E-state index contributed by atoms with van der Waals surface area (Å²) in [5, 5.41) is 7.08. The summed E-state index contributed by atoms with van der Waals surface area (Å²) >= 11 is 11.8. The fourth-order valence-electron chi connectivity index (χ4n) is 1.61. The molecule has 1 atom stereocenters. The smallest absolute Gasteiger partial charge is 0.220 e. The normalized spacial score (nSPS) is 11.6. The second-order valence-corrected chi connectivity index (χ2v) is 5.41. The topological polar surface area (TPSA) is 41.1 Å². The summed E-state index contributed by atoms with van der Waals surface area (Å²) in [7, 11) is 1.88. The van der Waals surface area contributed by atoms with E-state index < -0.39 is 0 Å². The van der Waals surface area contributed by atoms with E-state index >= 15 is 0 Å². The molecule has 1 unspecified atom stereocenters. The average molecular weight is 340 g/mol. The van der Waals surface area contributed by atoms with Crippen LogP contribution in [0.3, 0.4) is 0 Å². The van der Waals surface area contributed by atoms with Gasteiger partial charge in [0.05, 0.1) is 10.0 Å². The van der Waals surface area contributed by atoms with Gasteiger partial charge in [0, 0.05) is 19.0 Å². The summed E-state index contributed by atoms with van der Waals surface area (Å²) in [6.45, 7) is 2.68. The molecular formula is C14H21Cl3N2O. The zero-order chi connectivity index (χ0) is 14.3. The summed E-state index contributed by atoms with van der Waals surface area (Å²) in [4.78, 5) is 11.6. The summed E-state index contributed by atoms with van der Waals surface area (Å²) in [5.74, 6) is 0.0853. The highest BCUT2D eigenvalue weighted by Gasteiger charge is 2.05. The van der Waals surface area contributed by atoms with Gasteiger partial charge in [-0.05, 0) is 44.5 Å². The molecule has 0 fully saturated rings. The van der Waals surface area contributed by atoms with Crippen LogP contribution in [0.2, 0.25) is 10.0 Å². The lowest BCUT2D eigenvalue weighted by molar-refractivity contribution is -0.121. The van der Waals surface area contributed by atoms with Crippen molar-refractivity contribution in [1.29, 1.82) is 0 Å². The largest absolute Gasteiger partial charge is 0.355 e. The van der Waals surface area contributed by atoms with E-state index in [1.54, 1.807) is 6.07 Å². The molecule has 0 aliphatic heterocycles. The van der Waals surface area contributed by atoms with Crippen molar-refractivity contribution in [2.24, 2.45) is 0 Å². The first-order valence-corrected chi connectivity index (χ1v) is 7.16. The minimum absolute atomic E-state index is 0. The quantitative estimate of drug-likeness (QED) is 0.798. The van der Waals surface area contributed by atoms with Crippen LogP contribution < -0.4 is 10.6 Å². The van der Waals surface area contributed by atoms with Crippen LogP contribution in [0, 0.1) is 0 Å². The maximum Gasteiger partial charge on any atom is 0.220 e. The lowest BCUT2D eigenvalue weighted by Gasteiger charge is -2.11. The number of carbonyl (C=O) groups excluding carboxylic acids is 1. The third kappa shape index (κ3) is 7.34. The molecule has 2 N–H and O–H groups in total. The first kappa shape index (κ1) is 19.5. The molecule has 0 bridgehead atoms. The predicted octanol–water partition coefficient (Wildman–Crippen LogP) is 3.46. The Bertz CT molecular complexity index is 427. The van der Waals surface area contributed by atoms with E-state index in [9.17, 15) is 4.79 Å². The average Bonchev–Trinajstić information content (AvgIpc) is 2.40. The molecule has 1 rings (SSSR count). The third-order valence-corrected chi connectivity index (χ3v) is 3.69. The number of halogens is 3. The van der Waals surface area contributed by atoms with Gasteiger partial charge in [-0.25, -0.2) is 0 Å². The van der Waals surface area contributed by atoms with Gasteiger partial charge >= 0.3 is 0 Å². The van der Waals surface area contributed by atoms with Crippen molar-refractivity contribution in [1.82, 2.24) is 10.6 Å². The number of aryl methyl sites for hydroxylation is 1. The van der Waals surface area contributed by atoms with Gasteiger partial charge in [0.2, 0.25) is 5.91 Å². The van der Waals surface area contributed by atoms with Crippen LogP contribution in [0.5, 0.6) is 0 Å². The van der Waals surface area contributed by atoms with Crippen molar-refractivity contribution in [3.8, 4) is 0 Å². The highest BCUT2D eigenvalue weighted by molar-refractivity contribution is 6.42. The summed E-state index contributed by atoms with van der Waals surface area (Å²) in [5.41, 5.74) is 1.10. The van der Waals surface area contributed by atoms with Crippen molar-refractivity contribution < 1.29 is 4.79 Å². The Morgan fingerprint density at radius 1 is 1.30 bits per heavy atom. The van der Waals surface area contributed by atoms with Crippen molar-refractivity contribution >= 4 is 41.5 Å². The molecule has 0 aromatic heterocycles. The number of likely N-dealkylation sites (N-methyl/N-ethyl adjacent to an activating group) is 1. The Morgan fingerprint density at radius 2 is 2.00 bits per heavy atom. The predicted molar refractivity (Wildman–Crippen MR) is 88.2 cm³/mol. The molecule has 0 saturated heterocycles. The molecule has 3 nitrogen and oxygen atoms in total. The van der Waals surface area contributed by atoms with Gasteiger partial charge in [0.1, 0.15) is 0 Å². The number of rotatable bonds is 7. The maximum absolute atomic E-state index is 11.6. The lowest BCUT2D eigenvalue weighted by atomic mass is 10.1. The van der Waals surface area contributed by atoms with Crippen molar-refractivity contribution in [2.75, 3.05) is 13.6 Å². The second-order valence-electron chi connectivity index (χ2n) is 4.60. The van der Waals surface area contributed by atoms with Crippen LogP contribution >= 0.6 is 35.6 Å². The highest BCUT2D eigenvalue weighted by Crippen LogP contribution is 2.23. The molecule has 0 aliphatic rings. The van der Waals surface area contributed by atoms with Crippen LogP contribution in [0.4, 0.5) is 0 Å². The summed E-state index contributed by atoms with van der Waals surface area (Å²) in [6.07, 6.45) is 2.15. The molecule has 0 heterocycles. The lowest BCUT2D eigenvalue weighted by Crippen LogP contribution is -2.37. The van der Waals surface area contributed by atoms with Crippen LogP contribution in [0.25, 0.3) is 0 Å². The summed E-state index contributed by atoms with van der Waals surface area (Å²) < 4.78 is 0. The Balaban J connectivity index is 0.00000361. The zero-order valence-electron chi connectivity index (χ0n) is 11.7.